The summed E-state index contributed by atoms with van der Waals surface area (Å²) in [6.07, 6.45) is 2.33. The van der Waals surface area contributed by atoms with Gasteiger partial charge in [-0.1, -0.05) is 12.2 Å². The standard InChI is InChI=1S/C13H9Br2FN2S/c14-9-5-7(16)3-4-8(9)12-17-11(6-1-2-6)10(15)13(19)18-12/h3-6H,1-2H2,(H,17,18,19). The summed E-state index contributed by atoms with van der Waals surface area (Å²) in [6.45, 7) is 0. The molecule has 2 nitrogen and oxygen atoms in total. The number of nitrogens with one attached hydrogen (secondary N) is 1. The number of halogens is 3. The highest BCUT2D eigenvalue weighted by Gasteiger charge is 2.27. The smallest absolute Gasteiger partial charge is 0.144 e. The largest absolute Gasteiger partial charge is 0.342 e. The van der Waals surface area contributed by atoms with Crippen molar-refractivity contribution in [2.75, 3.05) is 0 Å². The van der Waals surface area contributed by atoms with E-state index in [1.807, 2.05) is 0 Å². The molecule has 2 aromatic rings. The lowest BCUT2D eigenvalue weighted by molar-refractivity contribution is 0.627. The average molecular weight is 404 g/mol. The van der Waals surface area contributed by atoms with Crippen molar-refractivity contribution >= 4 is 44.1 Å². The predicted octanol–water partition coefficient (Wildman–Crippen LogP) is 5.35. The molecule has 1 aromatic heterocycles. The van der Waals surface area contributed by atoms with Crippen molar-refractivity contribution in [1.29, 1.82) is 0 Å². The van der Waals surface area contributed by atoms with Crippen LogP contribution in [0.4, 0.5) is 4.39 Å². The van der Waals surface area contributed by atoms with Crippen LogP contribution in [0.25, 0.3) is 11.4 Å². The second-order valence-electron chi connectivity index (χ2n) is 4.52. The maximum Gasteiger partial charge on any atom is 0.144 e. The van der Waals surface area contributed by atoms with E-state index in [2.05, 4.69) is 41.8 Å². The molecule has 0 radical (unpaired) electrons. The van der Waals surface area contributed by atoms with Crippen LogP contribution in [0.3, 0.4) is 0 Å². The molecule has 1 aliphatic rings. The van der Waals surface area contributed by atoms with Gasteiger partial charge in [0.25, 0.3) is 0 Å². The third-order valence-corrected chi connectivity index (χ3v) is 5.08. The Hall–Kier alpha value is -0.590. The molecule has 19 heavy (non-hydrogen) atoms. The summed E-state index contributed by atoms with van der Waals surface area (Å²) in [4.78, 5) is 7.68. The lowest BCUT2D eigenvalue weighted by Crippen LogP contribution is -1.98. The molecule has 1 N–H and O–H groups in total. The summed E-state index contributed by atoms with van der Waals surface area (Å²) in [5.41, 5.74) is 1.90. The van der Waals surface area contributed by atoms with Crippen LogP contribution in [-0.4, -0.2) is 9.97 Å². The maximum absolute atomic E-state index is 13.1. The van der Waals surface area contributed by atoms with E-state index in [1.54, 1.807) is 6.07 Å². The number of hydrogen-bond acceptors (Lipinski definition) is 2. The summed E-state index contributed by atoms with van der Waals surface area (Å²) in [5, 5.41) is 0. The molecule has 3 rings (SSSR count). The molecule has 1 fully saturated rings. The van der Waals surface area contributed by atoms with Gasteiger partial charge in [0.15, 0.2) is 0 Å². The number of aromatic amines is 1. The minimum absolute atomic E-state index is 0.284. The molecule has 0 amide bonds. The zero-order valence-electron chi connectivity index (χ0n) is 9.71. The highest BCUT2D eigenvalue weighted by molar-refractivity contribution is 9.11. The molecule has 1 aromatic carbocycles. The fourth-order valence-corrected chi connectivity index (χ4v) is 3.19. The topological polar surface area (TPSA) is 28.7 Å². The molecule has 0 saturated heterocycles. The Morgan fingerprint density at radius 3 is 2.68 bits per heavy atom. The summed E-state index contributed by atoms with van der Waals surface area (Å²) < 4.78 is 15.2. The number of rotatable bonds is 2. The van der Waals surface area contributed by atoms with Gasteiger partial charge in [-0.2, -0.15) is 0 Å². The van der Waals surface area contributed by atoms with Gasteiger partial charge in [0.05, 0.1) is 4.47 Å². The molecular weight excluding hydrogens is 395 g/mol. The van der Waals surface area contributed by atoms with Crippen molar-refractivity contribution in [3.63, 3.8) is 0 Å². The molecule has 1 aliphatic carbocycles. The summed E-state index contributed by atoms with van der Waals surface area (Å²) in [7, 11) is 0. The zero-order chi connectivity index (χ0) is 13.6. The minimum atomic E-state index is -0.284. The summed E-state index contributed by atoms with van der Waals surface area (Å²) >= 11 is 12.1. The molecule has 1 heterocycles. The van der Waals surface area contributed by atoms with E-state index in [-0.39, 0.29) is 5.82 Å². The number of H-pyrrole nitrogens is 1. The van der Waals surface area contributed by atoms with Crippen LogP contribution in [0.2, 0.25) is 0 Å². The lowest BCUT2D eigenvalue weighted by Gasteiger charge is -2.09. The van der Waals surface area contributed by atoms with Crippen LogP contribution < -0.4 is 0 Å². The highest BCUT2D eigenvalue weighted by atomic mass is 79.9. The molecule has 0 aliphatic heterocycles. The highest BCUT2D eigenvalue weighted by Crippen LogP contribution is 2.43. The number of nitrogens with zero attached hydrogens (tertiary/aromatic N) is 1. The molecule has 0 unspecified atom stereocenters. The fourth-order valence-electron chi connectivity index (χ4n) is 1.94. The lowest BCUT2D eigenvalue weighted by atomic mass is 10.2. The third kappa shape index (κ3) is 2.66. The second-order valence-corrected chi connectivity index (χ2v) is 6.55. The molecule has 1 saturated carbocycles. The van der Waals surface area contributed by atoms with Crippen molar-refractivity contribution in [1.82, 2.24) is 9.97 Å². The van der Waals surface area contributed by atoms with Gasteiger partial charge in [-0.05, 0) is 62.9 Å². The van der Waals surface area contributed by atoms with E-state index in [1.165, 1.54) is 12.1 Å². The Labute approximate surface area is 131 Å². The van der Waals surface area contributed by atoms with Gasteiger partial charge in [0, 0.05) is 21.6 Å². The van der Waals surface area contributed by atoms with Crippen molar-refractivity contribution in [2.24, 2.45) is 0 Å². The maximum atomic E-state index is 13.1. The normalized spacial score (nSPS) is 14.7. The molecule has 0 bridgehead atoms. The van der Waals surface area contributed by atoms with E-state index >= 15 is 0 Å². The van der Waals surface area contributed by atoms with Crippen molar-refractivity contribution in [3.8, 4) is 11.4 Å². The molecule has 0 spiro atoms. The number of hydrogen-bond donors (Lipinski definition) is 1. The van der Waals surface area contributed by atoms with E-state index < -0.39 is 0 Å². The SMILES string of the molecule is Fc1ccc(-c2nc(=S)c(Br)c(C3CC3)[nH]2)c(Br)c1. The van der Waals surface area contributed by atoms with Gasteiger partial charge in [0.1, 0.15) is 16.3 Å². The van der Waals surface area contributed by atoms with E-state index in [4.69, 9.17) is 12.2 Å². The van der Waals surface area contributed by atoms with E-state index in [0.29, 0.717) is 20.9 Å². The molecule has 98 valence electrons. The first-order valence-electron chi connectivity index (χ1n) is 5.81. The van der Waals surface area contributed by atoms with Crippen molar-refractivity contribution in [3.05, 3.63) is 43.3 Å². The van der Waals surface area contributed by atoms with Gasteiger partial charge in [-0.15, -0.1) is 0 Å². The first kappa shape index (κ1) is 13.4. The van der Waals surface area contributed by atoms with Crippen LogP contribution in [0.5, 0.6) is 0 Å². The Morgan fingerprint density at radius 2 is 2.05 bits per heavy atom. The number of benzene rings is 1. The Kier molecular flexibility index (Phi) is 3.57. The Balaban J connectivity index is 2.17. The van der Waals surface area contributed by atoms with Crippen LogP contribution in [0.1, 0.15) is 24.5 Å². The van der Waals surface area contributed by atoms with Gasteiger partial charge < -0.3 is 4.98 Å². The monoisotopic (exact) mass is 402 g/mol. The fraction of sp³-hybridized carbons (Fsp3) is 0.231. The van der Waals surface area contributed by atoms with Crippen LogP contribution >= 0.6 is 44.1 Å². The van der Waals surface area contributed by atoms with Crippen LogP contribution in [0, 0.1) is 10.5 Å². The second kappa shape index (κ2) is 5.07. The van der Waals surface area contributed by atoms with Gasteiger partial charge in [-0.3, -0.25) is 0 Å². The summed E-state index contributed by atoms with van der Waals surface area (Å²) in [5.74, 6) is 0.910. The molecule has 6 heteroatoms. The van der Waals surface area contributed by atoms with Gasteiger partial charge in [-0.25, -0.2) is 9.37 Å². The first-order chi connectivity index (χ1) is 9.06. The summed E-state index contributed by atoms with van der Waals surface area (Å²) in [6, 6.07) is 4.53. The van der Waals surface area contributed by atoms with E-state index in [0.717, 1.165) is 28.6 Å². The predicted molar refractivity (Wildman–Crippen MR) is 82.2 cm³/mol. The van der Waals surface area contributed by atoms with Crippen molar-refractivity contribution < 1.29 is 4.39 Å². The quantitative estimate of drug-likeness (QED) is 0.684. The zero-order valence-corrected chi connectivity index (χ0v) is 13.7. The number of aromatic nitrogens is 2. The first-order valence-corrected chi connectivity index (χ1v) is 7.81. The molecular formula is C13H9Br2FN2S. The van der Waals surface area contributed by atoms with Gasteiger partial charge >= 0.3 is 0 Å². The Bertz CT molecular complexity index is 710. The van der Waals surface area contributed by atoms with Crippen LogP contribution in [0.15, 0.2) is 27.1 Å². The average Bonchev–Trinajstić information content (AvgIpc) is 3.17. The van der Waals surface area contributed by atoms with Crippen molar-refractivity contribution in [2.45, 2.75) is 18.8 Å². The Morgan fingerprint density at radius 1 is 1.32 bits per heavy atom. The van der Waals surface area contributed by atoms with E-state index in [9.17, 15) is 4.39 Å². The van der Waals surface area contributed by atoms with Crippen LogP contribution in [-0.2, 0) is 0 Å². The minimum Gasteiger partial charge on any atom is -0.342 e. The third-order valence-electron chi connectivity index (χ3n) is 3.06. The van der Waals surface area contributed by atoms with Gasteiger partial charge in [0.2, 0.25) is 0 Å². The molecule has 0 atom stereocenters.